The van der Waals surface area contributed by atoms with Gasteiger partial charge in [0, 0.05) is 25.6 Å². The van der Waals surface area contributed by atoms with Gasteiger partial charge in [0.15, 0.2) is 11.0 Å². The molecule has 0 aromatic carbocycles. The smallest absolute Gasteiger partial charge is 0.237 e. The van der Waals surface area contributed by atoms with Crippen LogP contribution < -0.4 is 4.90 Å². The summed E-state index contributed by atoms with van der Waals surface area (Å²) in [5.74, 6) is 3.99. The molecule has 2 aromatic rings. The number of hydrogen-bond donors (Lipinski definition) is 0. The quantitative estimate of drug-likeness (QED) is 0.698. The lowest BCUT2D eigenvalue weighted by Crippen LogP contribution is -2.34. The predicted molar refractivity (Wildman–Crippen MR) is 96.8 cm³/mol. The second-order valence-corrected chi connectivity index (χ2v) is 8.14. The summed E-state index contributed by atoms with van der Waals surface area (Å²) in [7, 11) is 0. The van der Waals surface area contributed by atoms with Crippen LogP contribution in [0.4, 0.5) is 5.95 Å². The van der Waals surface area contributed by atoms with E-state index in [1.165, 1.54) is 25.7 Å². The Bertz CT molecular complexity index is 702. The standard InChI is InChI=1S/C17H26N6OS/c1-3-4-14-18-15(24-21-14)11-25-17-20-19-16(23(17)13-5-6-13)22-9-7-12(2)8-10-22/h12-13H,3-11H2,1-2H3. The maximum absolute atomic E-state index is 5.34. The fourth-order valence-corrected chi connectivity index (χ4v) is 4.08. The predicted octanol–water partition coefficient (Wildman–Crippen LogP) is 3.48. The number of nitrogens with zero attached hydrogens (tertiary/aromatic N) is 6. The lowest BCUT2D eigenvalue weighted by molar-refractivity contribution is 0.384. The van der Waals surface area contributed by atoms with Gasteiger partial charge in [0.2, 0.25) is 11.8 Å². The minimum atomic E-state index is 0.560. The van der Waals surface area contributed by atoms with Crippen LogP contribution in [0.25, 0.3) is 0 Å². The Morgan fingerprint density at radius 3 is 2.68 bits per heavy atom. The molecule has 4 rings (SSSR count). The first kappa shape index (κ1) is 16.9. The Kier molecular flexibility index (Phi) is 4.96. The van der Waals surface area contributed by atoms with Gasteiger partial charge >= 0.3 is 0 Å². The molecule has 7 nitrogen and oxygen atoms in total. The Labute approximate surface area is 152 Å². The molecule has 2 aliphatic rings. The lowest BCUT2D eigenvalue weighted by Gasteiger charge is -2.31. The molecule has 0 bridgehead atoms. The molecule has 0 radical (unpaired) electrons. The Morgan fingerprint density at radius 1 is 1.16 bits per heavy atom. The third kappa shape index (κ3) is 3.83. The van der Waals surface area contributed by atoms with Gasteiger partial charge in [-0.25, -0.2) is 0 Å². The highest BCUT2D eigenvalue weighted by Gasteiger charge is 2.32. The number of piperidine rings is 1. The first-order valence-electron chi connectivity index (χ1n) is 9.38. The van der Waals surface area contributed by atoms with Crippen molar-refractivity contribution >= 4 is 17.7 Å². The van der Waals surface area contributed by atoms with Crippen molar-refractivity contribution in [3.8, 4) is 0 Å². The normalized spacial score (nSPS) is 18.9. The molecular formula is C17H26N6OS. The summed E-state index contributed by atoms with van der Waals surface area (Å²) < 4.78 is 7.68. The third-order valence-corrected chi connectivity index (χ3v) is 5.86. The molecule has 0 unspecified atom stereocenters. The lowest BCUT2D eigenvalue weighted by atomic mass is 10.00. The van der Waals surface area contributed by atoms with Gasteiger partial charge in [-0.3, -0.25) is 4.57 Å². The fraction of sp³-hybridized carbons (Fsp3) is 0.765. The summed E-state index contributed by atoms with van der Waals surface area (Å²) >= 11 is 1.65. The molecule has 1 saturated heterocycles. The van der Waals surface area contributed by atoms with Crippen LogP contribution in [0.5, 0.6) is 0 Å². The van der Waals surface area contributed by atoms with Gasteiger partial charge < -0.3 is 9.42 Å². The molecule has 0 amide bonds. The van der Waals surface area contributed by atoms with E-state index in [1.54, 1.807) is 11.8 Å². The van der Waals surface area contributed by atoms with Crippen LogP contribution >= 0.6 is 11.8 Å². The molecule has 25 heavy (non-hydrogen) atoms. The van der Waals surface area contributed by atoms with Gasteiger partial charge in [-0.05, 0) is 38.0 Å². The Balaban J connectivity index is 1.46. The Hall–Kier alpha value is -1.57. The highest BCUT2D eigenvalue weighted by Crippen LogP contribution is 2.41. The maximum atomic E-state index is 5.34. The second-order valence-electron chi connectivity index (χ2n) is 7.20. The van der Waals surface area contributed by atoms with Crippen molar-refractivity contribution in [2.75, 3.05) is 18.0 Å². The van der Waals surface area contributed by atoms with Crippen LogP contribution in [-0.4, -0.2) is 38.0 Å². The van der Waals surface area contributed by atoms with Gasteiger partial charge in [-0.2, -0.15) is 4.98 Å². The summed E-state index contributed by atoms with van der Waals surface area (Å²) in [5.41, 5.74) is 0. The van der Waals surface area contributed by atoms with E-state index >= 15 is 0 Å². The fourth-order valence-electron chi connectivity index (χ4n) is 3.24. The zero-order valence-corrected chi connectivity index (χ0v) is 15.8. The minimum absolute atomic E-state index is 0.560. The van der Waals surface area contributed by atoms with Crippen LogP contribution in [0, 0.1) is 5.92 Å². The van der Waals surface area contributed by atoms with Crippen LogP contribution in [0.2, 0.25) is 0 Å². The number of thioether (sulfide) groups is 1. The average molecular weight is 363 g/mol. The molecule has 0 spiro atoms. The summed E-state index contributed by atoms with van der Waals surface area (Å²) in [6.45, 7) is 6.62. The van der Waals surface area contributed by atoms with E-state index in [9.17, 15) is 0 Å². The van der Waals surface area contributed by atoms with Crippen molar-refractivity contribution in [3.63, 3.8) is 0 Å². The van der Waals surface area contributed by atoms with Gasteiger partial charge in [0.05, 0.1) is 5.75 Å². The number of hydrogen-bond acceptors (Lipinski definition) is 7. The number of rotatable bonds is 7. The molecule has 8 heteroatoms. The van der Waals surface area contributed by atoms with Gasteiger partial charge in [-0.15, -0.1) is 10.2 Å². The molecule has 1 aliphatic heterocycles. The van der Waals surface area contributed by atoms with Gasteiger partial charge in [0.1, 0.15) is 0 Å². The van der Waals surface area contributed by atoms with E-state index in [1.807, 2.05) is 0 Å². The largest absolute Gasteiger partial charge is 0.341 e. The molecule has 0 N–H and O–H groups in total. The van der Waals surface area contributed by atoms with Crippen LogP contribution in [0.15, 0.2) is 9.68 Å². The minimum Gasteiger partial charge on any atom is -0.341 e. The zero-order chi connectivity index (χ0) is 17.2. The van der Waals surface area contributed by atoms with E-state index in [-0.39, 0.29) is 0 Å². The van der Waals surface area contributed by atoms with E-state index in [2.05, 4.69) is 43.7 Å². The molecule has 2 aromatic heterocycles. The first-order chi connectivity index (χ1) is 12.2. The molecule has 136 valence electrons. The molecule has 3 heterocycles. The summed E-state index contributed by atoms with van der Waals surface area (Å²) in [6.07, 6.45) is 6.82. The topological polar surface area (TPSA) is 72.9 Å². The van der Waals surface area contributed by atoms with Crippen LogP contribution in [-0.2, 0) is 12.2 Å². The van der Waals surface area contributed by atoms with E-state index in [4.69, 9.17) is 4.52 Å². The van der Waals surface area contributed by atoms with Crippen molar-refractivity contribution < 1.29 is 4.52 Å². The molecule has 1 aliphatic carbocycles. The van der Waals surface area contributed by atoms with Crippen molar-refractivity contribution in [3.05, 3.63) is 11.7 Å². The Morgan fingerprint density at radius 2 is 1.96 bits per heavy atom. The number of aryl methyl sites for hydroxylation is 1. The molecule has 1 saturated carbocycles. The highest BCUT2D eigenvalue weighted by atomic mass is 32.2. The average Bonchev–Trinajstić information content (AvgIpc) is 3.21. The number of aromatic nitrogens is 5. The van der Waals surface area contributed by atoms with E-state index in [0.29, 0.717) is 17.7 Å². The van der Waals surface area contributed by atoms with Crippen molar-refractivity contribution in [1.82, 2.24) is 24.9 Å². The van der Waals surface area contributed by atoms with Gasteiger partial charge in [-0.1, -0.05) is 30.8 Å². The maximum Gasteiger partial charge on any atom is 0.237 e. The summed E-state index contributed by atoms with van der Waals surface area (Å²) in [5, 5.41) is 14.0. The monoisotopic (exact) mass is 362 g/mol. The highest BCUT2D eigenvalue weighted by molar-refractivity contribution is 7.98. The number of anilines is 1. The molecular weight excluding hydrogens is 336 g/mol. The summed E-state index contributed by atoms with van der Waals surface area (Å²) in [4.78, 5) is 6.85. The van der Waals surface area contributed by atoms with Crippen molar-refractivity contribution in [1.29, 1.82) is 0 Å². The molecule has 0 atom stereocenters. The van der Waals surface area contributed by atoms with Crippen LogP contribution in [0.1, 0.15) is 63.7 Å². The van der Waals surface area contributed by atoms with Crippen molar-refractivity contribution in [2.45, 2.75) is 69.3 Å². The van der Waals surface area contributed by atoms with Crippen LogP contribution in [0.3, 0.4) is 0 Å². The second kappa shape index (κ2) is 7.35. The molecule has 2 fully saturated rings. The summed E-state index contributed by atoms with van der Waals surface area (Å²) in [6, 6.07) is 0.560. The zero-order valence-electron chi connectivity index (χ0n) is 15.0. The van der Waals surface area contributed by atoms with E-state index < -0.39 is 0 Å². The van der Waals surface area contributed by atoms with Crippen molar-refractivity contribution in [2.24, 2.45) is 5.92 Å². The van der Waals surface area contributed by atoms with E-state index in [0.717, 1.165) is 48.8 Å². The first-order valence-corrected chi connectivity index (χ1v) is 10.4. The third-order valence-electron chi connectivity index (χ3n) is 4.93. The SMILES string of the molecule is CCCc1noc(CSc2nnc(N3CCC(C)CC3)n2C2CC2)n1. The van der Waals surface area contributed by atoms with Gasteiger partial charge in [0.25, 0.3) is 0 Å².